The van der Waals surface area contributed by atoms with E-state index in [2.05, 4.69) is 70.6 Å². The molecule has 2 aliphatic rings. The lowest BCUT2D eigenvalue weighted by Crippen LogP contribution is -2.39. The first-order valence-corrected chi connectivity index (χ1v) is 13.7. The Labute approximate surface area is 226 Å². The number of rotatable bonds is 8. The van der Waals surface area contributed by atoms with Crippen molar-refractivity contribution in [3.8, 4) is 0 Å². The number of hydrogen-bond acceptors (Lipinski definition) is 7. The van der Waals surface area contributed by atoms with Gasteiger partial charge >= 0.3 is 5.97 Å². The molecule has 38 heavy (non-hydrogen) atoms. The molecular weight excluding hydrogens is 476 g/mol. The molecule has 3 heterocycles. The molecule has 1 N–H and O–H groups in total. The van der Waals surface area contributed by atoms with Crippen molar-refractivity contribution in [3.63, 3.8) is 0 Å². The van der Waals surface area contributed by atoms with Crippen LogP contribution in [0.5, 0.6) is 0 Å². The molecule has 1 aromatic heterocycles. The number of carbonyl (C=O) groups is 1. The summed E-state index contributed by atoms with van der Waals surface area (Å²) in [7, 11) is 4.04. The van der Waals surface area contributed by atoms with Crippen molar-refractivity contribution in [2.24, 2.45) is 0 Å². The number of hydrogen-bond donors (Lipinski definition) is 1. The Morgan fingerprint density at radius 2 is 2.03 bits per heavy atom. The van der Waals surface area contributed by atoms with Gasteiger partial charge in [0.1, 0.15) is 0 Å². The van der Waals surface area contributed by atoms with Crippen LogP contribution in [0.3, 0.4) is 0 Å². The monoisotopic (exact) mass is 516 g/mol. The highest BCUT2D eigenvalue weighted by Gasteiger charge is 2.29. The normalized spacial score (nSPS) is 18.5. The fourth-order valence-corrected chi connectivity index (χ4v) is 6.10. The zero-order valence-electron chi connectivity index (χ0n) is 23.3. The van der Waals surface area contributed by atoms with Gasteiger partial charge in [-0.25, -0.2) is 0 Å². The molecule has 8 nitrogen and oxygen atoms in total. The Balaban J connectivity index is 1.46. The SMILES string of the molecule is CCOC(=O)C[C@H](c1ccc(C)c(CN2CCCC(n3cccn3)C2)c1)c1ccc2c(c1C)N(C)NN2C. The number of piperidine rings is 1. The Kier molecular flexibility index (Phi) is 7.72. The number of nitrogens with zero attached hydrogens (tertiary/aromatic N) is 5. The number of carbonyl (C=O) groups excluding carboxylic acids is 1. The third kappa shape index (κ3) is 5.28. The number of benzene rings is 2. The summed E-state index contributed by atoms with van der Waals surface area (Å²) in [4.78, 5) is 15.4. The molecule has 0 radical (unpaired) electrons. The molecule has 202 valence electrons. The van der Waals surface area contributed by atoms with Gasteiger partial charge in [-0.1, -0.05) is 24.3 Å². The van der Waals surface area contributed by atoms with Crippen molar-refractivity contribution in [2.45, 2.75) is 58.5 Å². The lowest BCUT2D eigenvalue weighted by molar-refractivity contribution is -0.143. The van der Waals surface area contributed by atoms with E-state index in [4.69, 9.17) is 4.74 Å². The van der Waals surface area contributed by atoms with Gasteiger partial charge in [0.2, 0.25) is 0 Å². The molecule has 8 heteroatoms. The summed E-state index contributed by atoms with van der Waals surface area (Å²) in [6.07, 6.45) is 6.58. The largest absolute Gasteiger partial charge is 0.466 e. The molecule has 2 atom stereocenters. The number of hydrazine groups is 2. The highest BCUT2D eigenvalue weighted by atomic mass is 16.5. The lowest BCUT2D eigenvalue weighted by atomic mass is 9.84. The van der Waals surface area contributed by atoms with E-state index in [1.165, 1.54) is 23.1 Å². The number of nitrogens with one attached hydrogen (secondary N) is 1. The molecule has 0 saturated carbocycles. The summed E-state index contributed by atoms with van der Waals surface area (Å²) in [5, 5.41) is 8.55. The van der Waals surface area contributed by atoms with E-state index in [1.807, 2.05) is 43.3 Å². The molecule has 0 bridgehead atoms. The number of aromatic nitrogens is 2. The predicted molar refractivity (Wildman–Crippen MR) is 151 cm³/mol. The molecule has 2 aromatic carbocycles. The van der Waals surface area contributed by atoms with Crippen molar-refractivity contribution >= 4 is 17.3 Å². The molecule has 2 aliphatic heterocycles. The van der Waals surface area contributed by atoms with Gasteiger partial charge < -0.3 is 4.74 Å². The van der Waals surface area contributed by atoms with E-state index in [9.17, 15) is 4.79 Å². The van der Waals surface area contributed by atoms with Crippen molar-refractivity contribution < 1.29 is 9.53 Å². The highest BCUT2D eigenvalue weighted by molar-refractivity contribution is 5.79. The summed E-state index contributed by atoms with van der Waals surface area (Å²) in [6, 6.07) is 13.4. The molecular formula is C30H40N6O2. The van der Waals surface area contributed by atoms with E-state index < -0.39 is 0 Å². The Bertz CT molecular complexity index is 1270. The zero-order valence-corrected chi connectivity index (χ0v) is 23.3. The summed E-state index contributed by atoms with van der Waals surface area (Å²) in [6.45, 7) is 9.57. The summed E-state index contributed by atoms with van der Waals surface area (Å²) < 4.78 is 7.52. The van der Waals surface area contributed by atoms with Crippen molar-refractivity contribution in [3.05, 3.63) is 76.6 Å². The van der Waals surface area contributed by atoms with Crippen molar-refractivity contribution in [1.82, 2.24) is 20.2 Å². The fraction of sp³-hybridized carbons (Fsp3) is 0.467. The standard InChI is InChI=1S/C30H40N6O2/c1-6-38-29(37)18-27(26-12-13-28-30(22(26)3)34(5)32-33(28)4)23-11-10-21(2)24(17-23)19-35-15-7-9-25(20-35)36-16-8-14-31-36/h8,10-14,16-17,25,27,32H,6-7,9,15,18-20H2,1-5H3/t25?,27-/m1/s1. The van der Waals surface area contributed by atoms with E-state index >= 15 is 0 Å². The third-order valence-corrected chi connectivity index (χ3v) is 8.05. The van der Waals surface area contributed by atoms with Crippen LogP contribution in [0.4, 0.5) is 11.4 Å². The number of likely N-dealkylation sites (tertiary alicyclic amines) is 1. The topological polar surface area (TPSA) is 65.9 Å². The van der Waals surface area contributed by atoms with Crippen LogP contribution < -0.4 is 15.6 Å². The highest BCUT2D eigenvalue weighted by Crippen LogP contribution is 2.41. The van der Waals surface area contributed by atoms with E-state index in [-0.39, 0.29) is 11.9 Å². The Morgan fingerprint density at radius 3 is 2.79 bits per heavy atom. The predicted octanol–water partition coefficient (Wildman–Crippen LogP) is 4.73. The second-order valence-electron chi connectivity index (χ2n) is 10.6. The van der Waals surface area contributed by atoms with E-state index in [0.29, 0.717) is 19.1 Å². The smallest absolute Gasteiger partial charge is 0.306 e. The Morgan fingerprint density at radius 1 is 1.18 bits per heavy atom. The van der Waals surface area contributed by atoms with Gasteiger partial charge in [-0.15, -0.1) is 5.53 Å². The second-order valence-corrected chi connectivity index (χ2v) is 10.6. The van der Waals surface area contributed by atoms with Crippen LogP contribution in [0.2, 0.25) is 0 Å². The minimum atomic E-state index is -0.166. The van der Waals surface area contributed by atoms with Gasteiger partial charge in [0.25, 0.3) is 0 Å². The molecule has 1 fully saturated rings. The minimum Gasteiger partial charge on any atom is -0.466 e. The number of aryl methyl sites for hydroxylation is 1. The number of anilines is 2. The first-order valence-electron chi connectivity index (χ1n) is 13.7. The van der Waals surface area contributed by atoms with Crippen LogP contribution in [0, 0.1) is 13.8 Å². The van der Waals surface area contributed by atoms with Gasteiger partial charge in [-0.2, -0.15) is 5.10 Å². The summed E-state index contributed by atoms with van der Waals surface area (Å²) >= 11 is 0. The first kappa shape index (κ1) is 26.3. The first-order chi connectivity index (χ1) is 18.4. The number of ether oxygens (including phenoxy) is 1. The van der Waals surface area contributed by atoms with Gasteiger partial charge in [0, 0.05) is 45.5 Å². The zero-order chi connectivity index (χ0) is 26.8. The molecule has 1 unspecified atom stereocenters. The summed E-state index contributed by atoms with van der Waals surface area (Å²) in [5.41, 5.74) is 11.7. The van der Waals surface area contributed by atoms with Crippen LogP contribution in [-0.2, 0) is 16.1 Å². The van der Waals surface area contributed by atoms with Gasteiger partial charge in [-0.3, -0.25) is 24.4 Å². The third-order valence-electron chi connectivity index (χ3n) is 8.05. The maximum atomic E-state index is 12.8. The van der Waals surface area contributed by atoms with E-state index in [1.54, 1.807) is 0 Å². The molecule has 3 aromatic rings. The molecule has 0 spiro atoms. The minimum absolute atomic E-state index is 0.0869. The van der Waals surface area contributed by atoms with Crippen LogP contribution in [0.1, 0.15) is 66.0 Å². The van der Waals surface area contributed by atoms with Gasteiger partial charge in [-0.05, 0) is 80.1 Å². The van der Waals surface area contributed by atoms with Crippen LogP contribution in [-0.4, -0.2) is 54.4 Å². The van der Waals surface area contributed by atoms with Gasteiger partial charge in [0.15, 0.2) is 0 Å². The van der Waals surface area contributed by atoms with E-state index in [0.717, 1.165) is 48.6 Å². The molecule has 5 rings (SSSR count). The molecule has 0 aliphatic carbocycles. The molecule has 1 saturated heterocycles. The fourth-order valence-electron chi connectivity index (χ4n) is 6.10. The van der Waals surface area contributed by atoms with Crippen molar-refractivity contribution in [2.75, 3.05) is 43.8 Å². The summed E-state index contributed by atoms with van der Waals surface area (Å²) in [5.74, 6) is -0.252. The maximum Gasteiger partial charge on any atom is 0.306 e. The number of fused-ring (bicyclic) bond motifs is 1. The second kappa shape index (κ2) is 11.2. The van der Waals surface area contributed by atoms with Gasteiger partial charge in [0.05, 0.1) is 30.4 Å². The average molecular weight is 517 g/mol. The average Bonchev–Trinajstić information content (AvgIpc) is 3.53. The molecule has 0 amide bonds. The van der Waals surface area contributed by atoms with Crippen LogP contribution >= 0.6 is 0 Å². The van der Waals surface area contributed by atoms with Crippen molar-refractivity contribution in [1.29, 1.82) is 0 Å². The lowest BCUT2D eigenvalue weighted by Gasteiger charge is -2.33. The quantitative estimate of drug-likeness (QED) is 0.434. The van der Waals surface area contributed by atoms with Crippen LogP contribution in [0.15, 0.2) is 48.8 Å². The van der Waals surface area contributed by atoms with Crippen LogP contribution in [0.25, 0.3) is 0 Å². The maximum absolute atomic E-state index is 12.8. The number of esters is 1. The Hall–Kier alpha value is -3.36.